The standard InChI is InChI=1S/C33H25ClFN3O3S/c34-29-15-22(20-11-13-36-30(35)16-20)14-23(31(29)42-32-21(18-39)6-5-12-37-32)17-38-33(40)41-19-28-26-9-3-1-7-24(26)25-8-2-4-10-27(25)28/h1-16,28,39H,17-19H2,(H,38,40). The maximum absolute atomic E-state index is 13.9. The molecule has 0 atom stereocenters. The van der Waals surface area contributed by atoms with Crippen molar-refractivity contribution in [2.75, 3.05) is 6.61 Å². The smallest absolute Gasteiger partial charge is 0.407 e. The first-order valence-corrected chi connectivity index (χ1v) is 14.5. The van der Waals surface area contributed by atoms with Gasteiger partial charge in [-0.05, 0) is 63.2 Å². The third-order valence-corrected chi connectivity index (χ3v) is 8.82. The SMILES string of the molecule is O=C(NCc1cc(-c2ccnc(F)c2)cc(Cl)c1Sc1ncccc1CO)OCC1c2ccccc2-c2ccccc21. The van der Waals surface area contributed by atoms with E-state index in [4.69, 9.17) is 16.3 Å². The summed E-state index contributed by atoms with van der Waals surface area (Å²) >= 11 is 8.05. The number of carbonyl (C=O) groups excluding carboxylic acids is 1. The maximum Gasteiger partial charge on any atom is 0.407 e. The van der Waals surface area contributed by atoms with Crippen LogP contribution in [0.5, 0.6) is 0 Å². The Bertz CT molecular complexity index is 1740. The van der Waals surface area contributed by atoms with Gasteiger partial charge in [-0.15, -0.1) is 0 Å². The average Bonchev–Trinajstić information content (AvgIpc) is 3.34. The lowest BCUT2D eigenvalue weighted by molar-refractivity contribution is 0.142. The van der Waals surface area contributed by atoms with Gasteiger partial charge in [0.2, 0.25) is 5.95 Å². The van der Waals surface area contributed by atoms with Crippen molar-refractivity contribution < 1.29 is 19.0 Å². The van der Waals surface area contributed by atoms with Gasteiger partial charge in [0.05, 0.1) is 11.6 Å². The summed E-state index contributed by atoms with van der Waals surface area (Å²) < 4.78 is 19.6. The molecule has 9 heteroatoms. The molecule has 1 aliphatic rings. The van der Waals surface area contributed by atoms with Crippen molar-refractivity contribution in [1.29, 1.82) is 0 Å². The monoisotopic (exact) mass is 597 g/mol. The number of ether oxygens (including phenoxy) is 1. The molecular weight excluding hydrogens is 573 g/mol. The van der Waals surface area contributed by atoms with Crippen LogP contribution in [0.15, 0.2) is 107 Å². The summed E-state index contributed by atoms with van der Waals surface area (Å²) in [6.45, 7) is 0.100. The molecule has 2 N–H and O–H groups in total. The molecule has 6 nitrogen and oxygen atoms in total. The molecule has 6 rings (SSSR count). The number of nitrogens with one attached hydrogen (secondary N) is 1. The molecule has 0 bridgehead atoms. The normalized spacial score (nSPS) is 12.1. The fourth-order valence-corrected chi connectivity index (χ4v) is 6.54. The summed E-state index contributed by atoms with van der Waals surface area (Å²) in [5.41, 5.74) is 7.15. The van der Waals surface area contributed by atoms with Crippen molar-refractivity contribution in [2.45, 2.75) is 29.0 Å². The zero-order valence-electron chi connectivity index (χ0n) is 22.3. The quantitative estimate of drug-likeness (QED) is 0.179. The Morgan fingerprint density at radius 2 is 1.64 bits per heavy atom. The van der Waals surface area contributed by atoms with Gasteiger partial charge >= 0.3 is 6.09 Å². The van der Waals surface area contributed by atoms with Crippen molar-refractivity contribution in [2.24, 2.45) is 0 Å². The lowest BCUT2D eigenvalue weighted by Crippen LogP contribution is -2.26. The van der Waals surface area contributed by atoms with Gasteiger partial charge in [0.1, 0.15) is 11.6 Å². The second-order valence-corrected chi connectivity index (χ2v) is 11.1. The minimum absolute atomic E-state index is 0.0605. The van der Waals surface area contributed by atoms with Gasteiger partial charge in [0.25, 0.3) is 0 Å². The highest BCUT2D eigenvalue weighted by Gasteiger charge is 2.29. The first kappa shape index (κ1) is 27.9. The van der Waals surface area contributed by atoms with E-state index in [9.17, 15) is 14.3 Å². The molecule has 2 aromatic heterocycles. The number of hydrogen-bond acceptors (Lipinski definition) is 6. The van der Waals surface area contributed by atoms with Crippen molar-refractivity contribution in [1.82, 2.24) is 15.3 Å². The van der Waals surface area contributed by atoms with E-state index in [2.05, 4.69) is 39.6 Å². The van der Waals surface area contributed by atoms with Crippen LogP contribution < -0.4 is 5.32 Å². The van der Waals surface area contributed by atoms with E-state index in [0.717, 1.165) is 22.3 Å². The van der Waals surface area contributed by atoms with E-state index in [1.165, 1.54) is 24.0 Å². The fraction of sp³-hybridized carbons (Fsp3) is 0.121. The maximum atomic E-state index is 13.9. The van der Waals surface area contributed by atoms with Gasteiger partial charge in [-0.1, -0.05) is 78.0 Å². The number of aliphatic hydroxyl groups excluding tert-OH is 1. The molecule has 0 radical (unpaired) electrons. The van der Waals surface area contributed by atoms with E-state index in [1.807, 2.05) is 30.3 Å². The third-order valence-electron chi connectivity index (χ3n) is 7.17. The number of rotatable bonds is 8. The number of amides is 1. The highest BCUT2D eigenvalue weighted by Crippen LogP contribution is 2.44. The highest BCUT2D eigenvalue weighted by molar-refractivity contribution is 7.99. The van der Waals surface area contributed by atoms with Crippen LogP contribution in [-0.4, -0.2) is 27.8 Å². The summed E-state index contributed by atoms with van der Waals surface area (Å²) in [4.78, 5) is 21.7. The summed E-state index contributed by atoms with van der Waals surface area (Å²) in [6, 6.07) is 26.4. The largest absolute Gasteiger partial charge is 0.449 e. The van der Waals surface area contributed by atoms with Crippen LogP contribution in [0.25, 0.3) is 22.3 Å². The number of fused-ring (bicyclic) bond motifs is 3. The summed E-state index contributed by atoms with van der Waals surface area (Å²) in [5, 5.41) is 13.6. The number of alkyl carbamates (subject to hydrolysis) is 1. The molecule has 0 spiro atoms. The van der Waals surface area contributed by atoms with Crippen LogP contribution in [0.4, 0.5) is 9.18 Å². The number of aliphatic hydroxyl groups is 1. The van der Waals surface area contributed by atoms with Crippen LogP contribution in [0.1, 0.15) is 28.2 Å². The Kier molecular flexibility index (Phi) is 8.19. The molecule has 0 fully saturated rings. The topological polar surface area (TPSA) is 84.3 Å². The second kappa shape index (κ2) is 12.3. The van der Waals surface area contributed by atoms with E-state index in [-0.39, 0.29) is 25.7 Å². The number of carbonyl (C=O) groups is 1. The van der Waals surface area contributed by atoms with E-state index in [1.54, 1.807) is 30.5 Å². The number of pyridine rings is 2. The van der Waals surface area contributed by atoms with E-state index in [0.29, 0.717) is 37.2 Å². The molecule has 2 heterocycles. The van der Waals surface area contributed by atoms with Gasteiger partial charge in [0.15, 0.2) is 0 Å². The van der Waals surface area contributed by atoms with Gasteiger partial charge in [-0.25, -0.2) is 14.8 Å². The summed E-state index contributed by atoms with van der Waals surface area (Å²) in [7, 11) is 0. The lowest BCUT2D eigenvalue weighted by atomic mass is 9.98. The van der Waals surface area contributed by atoms with Crippen molar-refractivity contribution in [3.8, 4) is 22.3 Å². The predicted octanol–water partition coefficient (Wildman–Crippen LogP) is 7.62. The van der Waals surface area contributed by atoms with E-state index < -0.39 is 12.0 Å². The number of hydrogen-bond donors (Lipinski definition) is 2. The molecule has 42 heavy (non-hydrogen) atoms. The van der Waals surface area contributed by atoms with Crippen molar-refractivity contribution in [3.05, 3.63) is 131 Å². The fourth-order valence-electron chi connectivity index (χ4n) is 5.19. The van der Waals surface area contributed by atoms with Gasteiger partial charge in [0, 0.05) is 41.4 Å². The molecule has 0 unspecified atom stereocenters. The number of benzene rings is 3. The zero-order chi connectivity index (χ0) is 29.1. The predicted molar refractivity (Wildman–Crippen MR) is 161 cm³/mol. The number of halogens is 2. The summed E-state index contributed by atoms with van der Waals surface area (Å²) in [5.74, 6) is -0.670. The van der Waals surface area contributed by atoms with Crippen LogP contribution in [0, 0.1) is 5.95 Å². The van der Waals surface area contributed by atoms with Crippen LogP contribution >= 0.6 is 23.4 Å². The van der Waals surface area contributed by atoms with Crippen LogP contribution in [0.3, 0.4) is 0 Å². The van der Waals surface area contributed by atoms with Gasteiger partial charge in [-0.2, -0.15) is 4.39 Å². The minimum Gasteiger partial charge on any atom is -0.449 e. The molecule has 0 saturated carbocycles. The molecule has 210 valence electrons. The van der Waals surface area contributed by atoms with Crippen molar-refractivity contribution >= 4 is 29.5 Å². The lowest BCUT2D eigenvalue weighted by Gasteiger charge is -2.17. The molecule has 1 aliphatic carbocycles. The van der Waals surface area contributed by atoms with Crippen LogP contribution in [0.2, 0.25) is 5.02 Å². The number of aromatic nitrogens is 2. The molecule has 1 amide bonds. The highest BCUT2D eigenvalue weighted by atomic mass is 35.5. The minimum atomic E-state index is -0.610. The first-order chi connectivity index (χ1) is 20.5. The Balaban J connectivity index is 1.23. The molecule has 0 saturated heterocycles. The van der Waals surface area contributed by atoms with E-state index >= 15 is 0 Å². The third kappa shape index (κ3) is 5.74. The van der Waals surface area contributed by atoms with Gasteiger partial charge in [-0.3, -0.25) is 0 Å². The zero-order valence-corrected chi connectivity index (χ0v) is 23.8. The molecular formula is C33H25ClFN3O3S. The summed E-state index contributed by atoms with van der Waals surface area (Å²) in [6.07, 6.45) is 2.45. The molecule has 0 aliphatic heterocycles. The Hall–Kier alpha value is -4.24. The van der Waals surface area contributed by atoms with Crippen LogP contribution in [-0.2, 0) is 17.9 Å². The first-order valence-electron chi connectivity index (χ1n) is 13.3. The average molecular weight is 598 g/mol. The van der Waals surface area contributed by atoms with Crippen molar-refractivity contribution in [3.63, 3.8) is 0 Å². The Morgan fingerprint density at radius 1 is 0.905 bits per heavy atom. The van der Waals surface area contributed by atoms with Gasteiger partial charge < -0.3 is 15.2 Å². The molecule has 3 aromatic carbocycles. The second-order valence-electron chi connectivity index (χ2n) is 9.72. The Labute approximate surface area is 251 Å². The molecule has 5 aromatic rings. The number of nitrogens with zero attached hydrogens (tertiary/aromatic N) is 2. The Morgan fingerprint density at radius 3 is 2.36 bits per heavy atom.